The smallest absolute Gasteiger partial charge is 0.408 e. The van der Waals surface area contributed by atoms with Gasteiger partial charge in [-0.05, 0) is 34.9 Å². The Hall–Kier alpha value is -5.55. The van der Waals surface area contributed by atoms with E-state index < -0.39 is 29.9 Å². The van der Waals surface area contributed by atoms with Crippen molar-refractivity contribution in [3.8, 4) is 0 Å². The van der Waals surface area contributed by atoms with Crippen molar-refractivity contribution < 1.29 is 28.7 Å². The van der Waals surface area contributed by atoms with Gasteiger partial charge >= 0.3 is 12.1 Å². The van der Waals surface area contributed by atoms with E-state index in [0.717, 1.165) is 16.7 Å². The van der Waals surface area contributed by atoms with Crippen molar-refractivity contribution in [2.75, 3.05) is 11.9 Å². The molecule has 236 valence electrons. The maximum absolute atomic E-state index is 13.4. The lowest BCUT2D eigenvalue weighted by Gasteiger charge is -2.19. The third-order valence-electron chi connectivity index (χ3n) is 6.75. The number of carbonyl (C=O) groups excluding carboxylic acids is 4. The van der Waals surface area contributed by atoms with Gasteiger partial charge in [-0.1, -0.05) is 103 Å². The van der Waals surface area contributed by atoms with Crippen molar-refractivity contribution in [2.24, 2.45) is 5.73 Å². The van der Waals surface area contributed by atoms with E-state index in [4.69, 9.17) is 27.4 Å². The maximum atomic E-state index is 13.4. The van der Waals surface area contributed by atoms with Crippen LogP contribution < -0.4 is 21.7 Å². The molecule has 4 aromatic carbocycles. The van der Waals surface area contributed by atoms with E-state index >= 15 is 0 Å². The molecule has 1 unspecified atom stereocenters. The predicted molar refractivity (Wildman–Crippen MR) is 178 cm³/mol. The molecule has 0 bridgehead atoms. The van der Waals surface area contributed by atoms with Crippen molar-refractivity contribution >= 4 is 46.8 Å². The number of nitrogens with one attached hydrogen (secondary N) is 3. The normalized spacial score (nSPS) is 11.0. The number of carbonyl (C=O) groups is 4. The summed E-state index contributed by atoms with van der Waals surface area (Å²) in [4.78, 5) is 51.2. The van der Waals surface area contributed by atoms with Gasteiger partial charge in [-0.25, -0.2) is 4.79 Å². The van der Waals surface area contributed by atoms with E-state index in [1.165, 1.54) is 6.07 Å². The number of thiocarbonyl (C=S) groups is 1. The second-order valence-corrected chi connectivity index (χ2v) is 10.7. The van der Waals surface area contributed by atoms with Crippen LogP contribution in [-0.4, -0.2) is 41.5 Å². The van der Waals surface area contributed by atoms with Gasteiger partial charge in [0.15, 0.2) is 0 Å². The fourth-order valence-electron chi connectivity index (χ4n) is 4.32. The molecule has 1 atom stereocenters. The highest BCUT2D eigenvalue weighted by molar-refractivity contribution is 7.80. The molecule has 0 radical (unpaired) electrons. The number of alkyl carbamates (subject to hydrolysis) is 1. The van der Waals surface area contributed by atoms with Crippen LogP contribution in [0.15, 0.2) is 109 Å². The molecule has 0 aliphatic carbocycles. The zero-order valence-corrected chi connectivity index (χ0v) is 25.8. The molecular weight excluding hydrogens is 604 g/mol. The zero-order chi connectivity index (χ0) is 32.7. The second-order valence-electron chi connectivity index (χ2n) is 10.2. The van der Waals surface area contributed by atoms with Crippen LogP contribution in [-0.2, 0) is 38.7 Å². The van der Waals surface area contributed by atoms with Crippen molar-refractivity contribution in [2.45, 2.75) is 32.1 Å². The van der Waals surface area contributed by atoms with Gasteiger partial charge in [-0.2, -0.15) is 0 Å². The van der Waals surface area contributed by atoms with E-state index in [-0.39, 0.29) is 43.2 Å². The van der Waals surface area contributed by atoms with E-state index in [0.29, 0.717) is 11.3 Å². The Morgan fingerprint density at radius 3 is 1.98 bits per heavy atom. The number of hydrogen-bond donors (Lipinski definition) is 4. The van der Waals surface area contributed by atoms with Gasteiger partial charge in [0.1, 0.15) is 24.2 Å². The fourth-order valence-corrected chi connectivity index (χ4v) is 4.45. The summed E-state index contributed by atoms with van der Waals surface area (Å²) in [5.74, 6) is -1.38. The highest BCUT2D eigenvalue weighted by Crippen LogP contribution is 2.14. The van der Waals surface area contributed by atoms with Crippen LogP contribution in [0.3, 0.4) is 0 Å². The summed E-state index contributed by atoms with van der Waals surface area (Å²) in [5, 5.41) is 8.10. The van der Waals surface area contributed by atoms with Gasteiger partial charge in [0.05, 0.1) is 6.42 Å². The van der Waals surface area contributed by atoms with Gasteiger partial charge in [0.2, 0.25) is 5.91 Å². The largest absolute Gasteiger partial charge is 0.461 e. The minimum atomic E-state index is -1.02. The number of hydrogen-bond acceptors (Lipinski definition) is 7. The summed E-state index contributed by atoms with van der Waals surface area (Å²) in [6.45, 7) is 0.266. The molecular formula is C35H34N4O6S. The van der Waals surface area contributed by atoms with Crippen LogP contribution in [0.5, 0.6) is 0 Å². The Labute approximate surface area is 272 Å². The first kappa shape index (κ1) is 33.3. The molecule has 0 saturated heterocycles. The zero-order valence-electron chi connectivity index (χ0n) is 24.9. The van der Waals surface area contributed by atoms with E-state index in [9.17, 15) is 19.2 Å². The van der Waals surface area contributed by atoms with Crippen molar-refractivity contribution in [1.82, 2.24) is 10.6 Å². The van der Waals surface area contributed by atoms with E-state index in [1.54, 1.807) is 42.5 Å². The number of anilines is 1. The van der Waals surface area contributed by atoms with Gasteiger partial charge in [-0.3, -0.25) is 14.4 Å². The standard InChI is InChI=1S/C35H34N4O6S/c36-32(46)27-16-14-24(15-17-27)20-30(39-35(43)45-23-26-10-5-2-6-11-26)34(42)38-29-13-7-12-28(21-29)33(41)37-19-18-31(40)44-22-25-8-3-1-4-9-25/h1-17,21,30H,18-20,22-23H2,(H2,36,46)(H,37,41)(H,38,42)(H,39,43). The molecule has 0 aliphatic rings. The lowest BCUT2D eigenvalue weighted by molar-refractivity contribution is -0.144. The molecule has 0 aliphatic heterocycles. The summed E-state index contributed by atoms with van der Waals surface area (Å²) >= 11 is 5.02. The molecule has 11 heteroatoms. The van der Waals surface area contributed by atoms with Crippen molar-refractivity contribution in [3.05, 3.63) is 137 Å². The van der Waals surface area contributed by atoms with Crippen LogP contribution >= 0.6 is 12.2 Å². The summed E-state index contributed by atoms with van der Waals surface area (Å²) in [7, 11) is 0. The molecule has 0 aromatic heterocycles. The van der Waals surface area contributed by atoms with Crippen LogP contribution in [0, 0.1) is 0 Å². The maximum Gasteiger partial charge on any atom is 0.408 e. The highest BCUT2D eigenvalue weighted by atomic mass is 32.1. The first-order valence-electron chi connectivity index (χ1n) is 14.5. The molecule has 0 spiro atoms. The Morgan fingerprint density at radius 1 is 0.717 bits per heavy atom. The molecule has 4 aromatic rings. The molecule has 10 nitrogen and oxygen atoms in total. The fraction of sp³-hybridized carbons (Fsp3) is 0.171. The first-order chi connectivity index (χ1) is 22.3. The summed E-state index contributed by atoms with van der Waals surface area (Å²) in [6.07, 6.45) is -0.621. The van der Waals surface area contributed by atoms with Gasteiger partial charge in [0, 0.05) is 29.8 Å². The molecule has 0 heterocycles. The Morgan fingerprint density at radius 2 is 1.35 bits per heavy atom. The van der Waals surface area contributed by atoms with Gasteiger partial charge in [0.25, 0.3) is 5.91 Å². The number of benzene rings is 4. The lowest BCUT2D eigenvalue weighted by Crippen LogP contribution is -2.45. The van der Waals surface area contributed by atoms with E-state index in [2.05, 4.69) is 16.0 Å². The topological polar surface area (TPSA) is 149 Å². The second kappa shape index (κ2) is 17.1. The third-order valence-corrected chi connectivity index (χ3v) is 6.98. The first-order valence-corrected chi connectivity index (χ1v) is 14.9. The minimum Gasteiger partial charge on any atom is -0.461 e. The number of ether oxygens (including phenoxy) is 2. The molecule has 0 fully saturated rings. The number of nitrogens with two attached hydrogens (primary N) is 1. The average molecular weight is 639 g/mol. The Bertz CT molecular complexity index is 1650. The SMILES string of the molecule is NC(=S)c1ccc(CC(NC(=O)OCc2ccccc2)C(=O)Nc2cccc(C(=O)NCCC(=O)OCc3ccccc3)c2)cc1. The van der Waals surface area contributed by atoms with Crippen LogP contribution in [0.1, 0.15) is 39.0 Å². The third kappa shape index (κ3) is 10.9. The molecule has 3 amide bonds. The number of esters is 1. The number of amides is 3. The Balaban J connectivity index is 1.34. The molecule has 4 rings (SSSR count). The van der Waals surface area contributed by atoms with Crippen LogP contribution in [0.2, 0.25) is 0 Å². The predicted octanol–water partition coefficient (Wildman–Crippen LogP) is 4.66. The molecule has 0 saturated carbocycles. The van der Waals surface area contributed by atoms with Crippen LogP contribution in [0.25, 0.3) is 0 Å². The summed E-state index contributed by atoms with van der Waals surface area (Å²) in [6, 6.07) is 30.8. The van der Waals surface area contributed by atoms with Crippen molar-refractivity contribution in [1.29, 1.82) is 0 Å². The summed E-state index contributed by atoms with van der Waals surface area (Å²) < 4.78 is 10.6. The monoisotopic (exact) mass is 638 g/mol. The average Bonchev–Trinajstić information content (AvgIpc) is 3.07. The highest BCUT2D eigenvalue weighted by Gasteiger charge is 2.23. The molecule has 5 N–H and O–H groups in total. The lowest BCUT2D eigenvalue weighted by atomic mass is 10.0. The van der Waals surface area contributed by atoms with Crippen molar-refractivity contribution in [3.63, 3.8) is 0 Å². The quantitative estimate of drug-likeness (QED) is 0.115. The van der Waals surface area contributed by atoms with Gasteiger partial charge < -0.3 is 31.2 Å². The summed E-state index contributed by atoms with van der Waals surface area (Å²) in [5.41, 5.74) is 9.40. The Kier molecular flexibility index (Phi) is 12.4. The van der Waals surface area contributed by atoms with Gasteiger partial charge in [-0.15, -0.1) is 0 Å². The molecule has 46 heavy (non-hydrogen) atoms. The van der Waals surface area contributed by atoms with E-state index in [1.807, 2.05) is 60.7 Å². The number of rotatable bonds is 14. The minimum absolute atomic E-state index is 0.000762. The van der Waals surface area contributed by atoms with Crippen LogP contribution in [0.4, 0.5) is 10.5 Å².